The lowest BCUT2D eigenvalue weighted by Gasteiger charge is -2.26. The molecule has 112 valence electrons. The molecular weight excluding hydrogens is 242 g/mol. The first-order valence-corrected chi connectivity index (χ1v) is 8.52. The van der Waals surface area contributed by atoms with Crippen molar-refractivity contribution in [3.8, 4) is 0 Å². The van der Waals surface area contributed by atoms with Gasteiger partial charge in [0.25, 0.3) is 0 Å². The van der Waals surface area contributed by atoms with E-state index in [9.17, 15) is 0 Å². The molecule has 0 heterocycles. The van der Waals surface area contributed by atoms with Crippen LogP contribution in [0.4, 0.5) is 0 Å². The monoisotopic (exact) mass is 273 g/mol. The first-order valence-electron chi connectivity index (χ1n) is 8.52. The second-order valence-corrected chi connectivity index (χ2v) is 6.48. The average Bonchev–Trinajstić information content (AvgIpc) is 2.48. The maximum Gasteiger partial charge on any atom is 0.0322 e. The fourth-order valence-corrected chi connectivity index (χ4v) is 3.64. The molecule has 1 saturated carbocycles. The van der Waals surface area contributed by atoms with Crippen LogP contribution in [-0.2, 0) is 0 Å². The highest BCUT2D eigenvalue weighted by atomic mass is 14.9. The quantitative estimate of drug-likeness (QED) is 0.740. The smallest absolute Gasteiger partial charge is 0.0322 e. The summed E-state index contributed by atoms with van der Waals surface area (Å²) >= 11 is 0. The van der Waals surface area contributed by atoms with Crippen molar-refractivity contribution in [3.63, 3.8) is 0 Å². The van der Waals surface area contributed by atoms with Gasteiger partial charge in [0.2, 0.25) is 0 Å². The number of hydrogen-bond acceptors (Lipinski definition) is 1. The van der Waals surface area contributed by atoms with Gasteiger partial charge in [-0.15, -0.1) is 0 Å². The summed E-state index contributed by atoms with van der Waals surface area (Å²) < 4.78 is 0. The van der Waals surface area contributed by atoms with E-state index in [2.05, 4.69) is 44.3 Å². The van der Waals surface area contributed by atoms with Crippen LogP contribution in [0.5, 0.6) is 0 Å². The molecule has 1 N–H and O–H groups in total. The van der Waals surface area contributed by atoms with Crippen molar-refractivity contribution in [3.05, 3.63) is 34.9 Å². The Morgan fingerprint density at radius 3 is 2.60 bits per heavy atom. The highest BCUT2D eigenvalue weighted by molar-refractivity contribution is 5.35. The fraction of sp³-hybridized carbons (Fsp3) is 0.684. The molecule has 0 spiro atoms. The van der Waals surface area contributed by atoms with Crippen LogP contribution >= 0.6 is 0 Å². The van der Waals surface area contributed by atoms with Gasteiger partial charge in [0.1, 0.15) is 0 Å². The topological polar surface area (TPSA) is 12.0 Å². The third kappa shape index (κ3) is 4.09. The highest BCUT2D eigenvalue weighted by Gasteiger charge is 2.18. The summed E-state index contributed by atoms with van der Waals surface area (Å²) in [7, 11) is 0. The van der Waals surface area contributed by atoms with Crippen molar-refractivity contribution in [2.24, 2.45) is 5.92 Å². The molecule has 0 bridgehead atoms. The Morgan fingerprint density at radius 1 is 1.15 bits per heavy atom. The second-order valence-electron chi connectivity index (χ2n) is 6.48. The molecule has 1 nitrogen and oxygen atoms in total. The normalized spacial score (nSPS) is 18.1. The van der Waals surface area contributed by atoms with Gasteiger partial charge < -0.3 is 5.32 Å². The Bertz CT molecular complexity index is 404. The molecule has 1 aromatic rings. The predicted octanol–water partition coefficient (Wildman–Crippen LogP) is 5.31. The standard InChI is InChI=1S/C19H31N/c1-4-20-19(14-13-17-10-6-5-7-11-17)18-12-8-9-15(2)16(18)3/h8-9,12,17,19-20H,4-7,10-11,13-14H2,1-3H3. The van der Waals surface area contributed by atoms with Crippen LogP contribution in [-0.4, -0.2) is 6.54 Å². The lowest BCUT2D eigenvalue weighted by atomic mass is 9.84. The Hall–Kier alpha value is -0.820. The molecule has 0 saturated heterocycles. The molecule has 1 atom stereocenters. The van der Waals surface area contributed by atoms with Crippen molar-refractivity contribution >= 4 is 0 Å². The lowest BCUT2D eigenvalue weighted by Crippen LogP contribution is -2.23. The third-order valence-corrected chi connectivity index (χ3v) is 5.06. The summed E-state index contributed by atoms with van der Waals surface area (Å²) in [5.74, 6) is 0.982. The molecule has 1 heteroatoms. The summed E-state index contributed by atoms with van der Waals surface area (Å²) in [4.78, 5) is 0. The van der Waals surface area contributed by atoms with Gasteiger partial charge in [-0.1, -0.05) is 57.2 Å². The van der Waals surface area contributed by atoms with Crippen LogP contribution in [0.1, 0.15) is 74.6 Å². The maximum absolute atomic E-state index is 3.71. The molecule has 0 aliphatic heterocycles. The number of benzene rings is 1. The zero-order valence-corrected chi connectivity index (χ0v) is 13.5. The summed E-state index contributed by atoms with van der Waals surface area (Å²) in [6.45, 7) is 7.78. The van der Waals surface area contributed by atoms with E-state index in [0.29, 0.717) is 6.04 Å². The van der Waals surface area contributed by atoms with E-state index in [1.54, 1.807) is 0 Å². The number of nitrogens with one attached hydrogen (secondary N) is 1. The molecule has 20 heavy (non-hydrogen) atoms. The molecule has 1 aliphatic rings. The molecule has 1 fully saturated rings. The van der Waals surface area contributed by atoms with Crippen molar-refractivity contribution in [1.82, 2.24) is 5.32 Å². The predicted molar refractivity (Wildman–Crippen MR) is 88.1 cm³/mol. The minimum atomic E-state index is 0.543. The van der Waals surface area contributed by atoms with E-state index in [0.717, 1.165) is 12.5 Å². The van der Waals surface area contributed by atoms with E-state index < -0.39 is 0 Å². The zero-order valence-electron chi connectivity index (χ0n) is 13.5. The van der Waals surface area contributed by atoms with Gasteiger partial charge in [0, 0.05) is 6.04 Å². The van der Waals surface area contributed by atoms with Gasteiger partial charge in [-0.3, -0.25) is 0 Å². The summed E-state index contributed by atoms with van der Waals surface area (Å²) in [6.07, 6.45) is 10.00. The minimum absolute atomic E-state index is 0.543. The molecule has 0 radical (unpaired) electrons. The summed E-state index contributed by atoms with van der Waals surface area (Å²) in [5, 5.41) is 3.71. The largest absolute Gasteiger partial charge is 0.310 e. The first kappa shape index (κ1) is 15.6. The SMILES string of the molecule is CCNC(CCC1CCCCC1)c1cccc(C)c1C. The van der Waals surface area contributed by atoms with Gasteiger partial charge in [-0.05, 0) is 55.8 Å². The van der Waals surface area contributed by atoms with Gasteiger partial charge in [0.15, 0.2) is 0 Å². The van der Waals surface area contributed by atoms with E-state index in [-0.39, 0.29) is 0 Å². The molecular formula is C19H31N. The first-order chi connectivity index (χ1) is 9.72. The molecule has 1 unspecified atom stereocenters. The van der Waals surface area contributed by atoms with Crippen LogP contribution in [0, 0.1) is 19.8 Å². The van der Waals surface area contributed by atoms with Crippen LogP contribution in [0.15, 0.2) is 18.2 Å². The molecule has 1 aromatic carbocycles. The van der Waals surface area contributed by atoms with Crippen molar-refractivity contribution in [2.45, 2.75) is 71.8 Å². The maximum atomic E-state index is 3.71. The minimum Gasteiger partial charge on any atom is -0.310 e. The van der Waals surface area contributed by atoms with Crippen molar-refractivity contribution < 1.29 is 0 Å². The number of aryl methyl sites for hydroxylation is 1. The van der Waals surface area contributed by atoms with E-state index >= 15 is 0 Å². The van der Waals surface area contributed by atoms with E-state index in [4.69, 9.17) is 0 Å². The Morgan fingerprint density at radius 2 is 1.90 bits per heavy atom. The molecule has 1 aliphatic carbocycles. The third-order valence-electron chi connectivity index (χ3n) is 5.06. The van der Waals surface area contributed by atoms with E-state index in [1.165, 1.54) is 61.6 Å². The summed E-state index contributed by atoms with van der Waals surface area (Å²) in [5.41, 5.74) is 4.41. The number of hydrogen-bond donors (Lipinski definition) is 1. The average molecular weight is 273 g/mol. The molecule has 2 rings (SSSR count). The Labute approximate surface area is 125 Å². The van der Waals surface area contributed by atoms with Gasteiger partial charge in [-0.25, -0.2) is 0 Å². The Kier molecular flexibility index (Phi) is 6.09. The summed E-state index contributed by atoms with van der Waals surface area (Å²) in [6, 6.07) is 7.30. The lowest BCUT2D eigenvalue weighted by molar-refractivity contribution is 0.315. The highest BCUT2D eigenvalue weighted by Crippen LogP contribution is 2.31. The van der Waals surface area contributed by atoms with Crippen molar-refractivity contribution in [2.75, 3.05) is 6.54 Å². The second kappa shape index (κ2) is 7.83. The van der Waals surface area contributed by atoms with Crippen LogP contribution < -0.4 is 5.32 Å². The van der Waals surface area contributed by atoms with Crippen LogP contribution in [0.2, 0.25) is 0 Å². The van der Waals surface area contributed by atoms with Gasteiger partial charge >= 0.3 is 0 Å². The molecule has 0 amide bonds. The fourth-order valence-electron chi connectivity index (χ4n) is 3.64. The van der Waals surface area contributed by atoms with E-state index in [1.807, 2.05) is 0 Å². The van der Waals surface area contributed by atoms with Crippen LogP contribution in [0.25, 0.3) is 0 Å². The van der Waals surface area contributed by atoms with Gasteiger partial charge in [-0.2, -0.15) is 0 Å². The zero-order chi connectivity index (χ0) is 14.4. The van der Waals surface area contributed by atoms with Crippen molar-refractivity contribution in [1.29, 1.82) is 0 Å². The Balaban J connectivity index is 2.00. The van der Waals surface area contributed by atoms with Gasteiger partial charge in [0.05, 0.1) is 0 Å². The van der Waals surface area contributed by atoms with Crippen LogP contribution in [0.3, 0.4) is 0 Å². The molecule has 0 aromatic heterocycles. The number of rotatable bonds is 6.